The highest BCUT2D eigenvalue weighted by molar-refractivity contribution is 7.71. The number of rotatable bonds is 4. The molecule has 0 aromatic carbocycles. The Bertz CT molecular complexity index is 297. The Hall–Kier alpha value is -1.10. The van der Waals surface area contributed by atoms with Crippen LogP contribution in [0, 0.1) is 4.77 Å². The molecule has 0 aliphatic heterocycles. The fourth-order valence-corrected chi connectivity index (χ4v) is 1.06. The zero-order chi connectivity index (χ0) is 9.68. The van der Waals surface area contributed by atoms with Gasteiger partial charge >= 0.3 is 0 Å². The van der Waals surface area contributed by atoms with Crippen molar-refractivity contribution in [3.63, 3.8) is 0 Å². The van der Waals surface area contributed by atoms with Crippen LogP contribution < -0.4 is 9.47 Å². The lowest BCUT2D eigenvalue weighted by atomic mass is 10.6. The van der Waals surface area contributed by atoms with Crippen molar-refractivity contribution in [1.82, 2.24) is 9.97 Å². The number of H-pyrrole nitrogens is 1. The van der Waals surface area contributed by atoms with Gasteiger partial charge in [0.25, 0.3) is 0 Å². The van der Waals surface area contributed by atoms with Crippen molar-refractivity contribution in [3.8, 4) is 11.8 Å². The standard InChI is InChI=1S/C8H12N2O2S/c1-3-11-6-5-7(12-4-2)10-8(13)9-6/h5H,3-4H2,1-2H3,(H,9,10,13). The number of aromatic nitrogens is 2. The lowest BCUT2D eigenvalue weighted by Gasteiger charge is -2.05. The molecular formula is C8H12N2O2S. The van der Waals surface area contributed by atoms with Crippen molar-refractivity contribution in [2.75, 3.05) is 13.2 Å². The molecule has 0 spiro atoms. The van der Waals surface area contributed by atoms with Gasteiger partial charge in [0, 0.05) is 0 Å². The van der Waals surface area contributed by atoms with E-state index in [1.54, 1.807) is 6.07 Å². The van der Waals surface area contributed by atoms with E-state index in [1.165, 1.54) is 0 Å². The fraction of sp³-hybridized carbons (Fsp3) is 0.500. The predicted molar refractivity (Wildman–Crippen MR) is 51.8 cm³/mol. The van der Waals surface area contributed by atoms with E-state index in [2.05, 4.69) is 9.97 Å². The minimum Gasteiger partial charge on any atom is -0.479 e. The first-order valence-corrected chi connectivity index (χ1v) is 4.54. The summed E-state index contributed by atoms with van der Waals surface area (Å²) in [7, 11) is 0. The molecule has 0 aliphatic rings. The van der Waals surface area contributed by atoms with Crippen molar-refractivity contribution in [2.24, 2.45) is 0 Å². The molecule has 1 N–H and O–H groups in total. The van der Waals surface area contributed by atoms with Crippen LogP contribution >= 0.6 is 12.2 Å². The summed E-state index contributed by atoms with van der Waals surface area (Å²) in [5.74, 6) is 1.08. The molecule has 0 radical (unpaired) electrons. The maximum Gasteiger partial charge on any atom is 0.221 e. The normalized spacial score (nSPS) is 9.69. The van der Waals surface area contributed by atoms with Gasteiger partial charge in [0.15, 0.2) is 5.88 Å². The van der Waals surface area contributed by atoms with E-state index >= 15 is 0 Å². The van der Waals surface area contributed by atoms with Crippen LogP contribution in [0.4, 0.5) is 0 Å². The van der Waals surface area contributed by atoms with Gasteiger partial charge in [0.1, 0.15) is 0 Å². The lowest BCUT2D eigenvalue weighted by Crippen LogP contribution is -1.99. The van der Waals surface area contributed by atoms with Crippen LogP contribution in [0.1, 0.15) is 13.8 Å². The van der Waals surface area contributed by atoms with Gasteiger partial charge in [0.05, 0.1) is 19.3 Å². The van der Waals surface area contributed by atoms with Crippen LogP contribution in [0.3, 0.4) is 0 Å². The molecule has 4 nitrogen and oxygen atoms in total. The third-order valence-corrected chi connectivity index (χ3v) is 1.48. The number of aromatic amines is 1. The second-order valence-corrected chi connectivity index (χ2v) is 2.64. The van der Waals surface area contributed by atoms with Crippen LogP contribution in [-0.2, 0) is 0 Å². The molecule has 0 unspecified atom stereocenters. The zero-order valence-electron chi connectivity index (χ0n) is 7.66. The lowest BCUT2D eigenvalue weighted by molar-refractivity contribution is 0.304. The van der Waals surface area contributed by atoms with Crippen molar-refractivity contribution in [1.29, 1.82) is 0 Å². The molecule has 0 fully saturated rings. The van der Waals surface area contributed by atoms with Gasteiger partial charge < -0.3 is 14.5 Å². The summed E-state index contributed by atoms with van der Waals surface area (Å²) in [6.07, 6.45) is 0. The molecule has 13 heavy (non-hydrogen) atoms. The monoisotopic (exact) mass is 200 g/mol. The van der Waals surface area contributed by atoms with Gasteiger partial charge in [-0.15, -0.1) is 0 Å². The summed E-state index contributed by atoms with van der Waals surface area (Å²) in [4.78, 5) is 6.77. The number of nitrogens with one attached hydrogen (secondary N) is 1. The Balaban J connectivity index is 2.90. The van der Waals surface area contributed by atoms with Crippen LogP contribution in [0.15, 0.2) is 6.07 Å². The highest BCUT2D eigenvalue weighted by Crippen LogP contribution is 2.13. The van der Waals surface area contributed by atoms with Crippen molar-refractivity contribution in [3.05, 3.63) is 10.8 Å². The van der Waals surface area contributed by atoms with Gasteiger partial charge in [0.2, 0.25) is 10.7 Å². The van der Waals surface area contributed by atoms with Crippen molar-refractivity contribution < 1.29 is 9.47 Å². The summed E-state index contributed by atoms with van der Waals surface area (Å²) >= 11 is 4.89. The van der Waals surface area contributed by atoms with Gasteiger partial charge in [-0.3, -0.25) is 0 Å². The molecule has 0 amide bonds. The molecule has 0 aliphatic carbocycles. The van der Waals surface area contributed by atoms with Crippen LogP contribution in [0.2, 0.25) is 0 Å². The second kappa shape index (κ2) is 4.81. The first-order chi connectivity index (χ1) is 6.26. The first kappa shape index (κ1) is 9.98. The van der Waals surface area contributed by atoms with E-state index < -0.39 is 0 Å². The minimum atomic E-state index is 0.370. The summed E-state index contributed by atoms with van der Waals surface area (Å²) in [6, 6.07) is 1.68. The average Bonchev–Trinajstić information content (AvgIpc) is 2.04. The van der Waals surface area contributed by atoms with Crippen LogP contribution in [0.5, 0.6) is 11.8 Å². The molecule has 5 heteroatoms. The molecule has 1 rings (SSSR count). The Morgan fingerprint density at radius 1 is 1.38 bits per heavy atom. The highest BCUT2D eigenvalue weighted by atomic mass is 32.1. The van der Waals surface area contributed by atoms with E-state index in [1.807, 2.05) is 13.8 Å². The fourth-order valence-electron chi connectivity index (χ4n) is 0.869. The van der Waals surface area contributed by atoms with Crippen molar-refractivity contribution in [2.45, 2.75) is 13.8 Å². The summed E-state index contributed by atoms with van der Waals surface area (Å²) < 4.78 is 10.8. The summed E-state index contributed by atoms with van der Waals surface area (Å²) in [6.45, 7) is 4.94. The second-order valence-electron chi connectivity index (χ2n) is 2.25. The maximum absolute atomic E-state index is 5.23. The minimum absolute atomic E-state index is 0.370. The van der Waals surface area contributed by atoms with E-state index in [0.717, 1.165) is 0 Å². The highest BCUT2D eigenvalue weighted by Gasteiger charge is 1.98. The number of ether oxygens (including phenoxy) is 2. The smallest absolute Gasteiger partial charge is 0.221 e. The summed E-state index contributed by atoms with van der Waals surface area (Å²) in [5, 5.41) is 0. The largest absolute Gasteiger partial charge is 0.479 e. The zero-order valence-corrected chi connectivity index (χ0v) is 8.48. The van der Waals surface area contributed by atoms with Gasteiger partial charge in [-0.1, -0.05) is 0 Å². The Morgan fingerprint density at radius 3 is 2.69 bits per heavy atom. The van der Waals surface area contributed by atoms with Crippen molar-refractivity contribution >= 4 is 12.2 Å². The van der Waals surface area contributed by atoms with E-state index in [4.69, 9.17) is 21.7 Å². The SMILES string of the molecule is CCOc1cc(OCC)[nH]c(=S)n1. The van der Waals surface area contributed by atoms with Gasteiger partial charge in [-0.05, 0) is 26.1 Å². The average molecular weight is 200 g/mol. The summed E-state index contributed by atoms with van der Waals surface area (Å²) in [5.41, 5.74) is 0. The Morgan fingerprint density at radius 2 is 2.08 bits per heavy atom. The number of hydrogen-bond acceptors (Lipinski definition) is 4. The predicted octanol–water partition coefficient (Wildman–Crippen LogP) is 1.94. The molecule has 0 saturated carbocycles. The maximum atomic E-state index is 5.23. The molecule has 0 saturated heterocycles. The quantitative estimate of drug-likeness (QED) is 0.754. The van der Waals surface area contributed by atoms with Crippen LogP contribution in [-0.4, -0.2) is 23.2 Å². The van der Waals surface area contributed by atoms with Crippen LogP contribution in [0.25, 0.3) is 0 Å². The number of hydrogen-bond donors (Lipinski definition) is 1. The third kappa shape index (κ3) is 3.02. The van der Waals surface area contributed by atoms with E-state index in [-0.39, 0.29) is 0 Å². The third-order valence-electron chi connectivity index (χ3n) is 1.29. The van der Waals surface area contributed by atoms with E-state index in [0.29, 0.717) is 29.7 Å². The topological polar surface area (TPSA) is 47.1 Å². The van der Waals surface area contributed by atoms with Gasteiger partial charge in [-0.2, -0.15) is 4.98 Å². The molecule has 1 heterocycles. The molecule has 1 aromatic heterocycles. The first-order valence-electron chi connectivity index (χ1n) is 4.13. The molecule has 0 atom stereocenters. The van der Waals surface area contributed by atoms with Gasteiger partial charge in [-0.25, -0.2) is 0 Å². The Kier molecular flexibility index (Phi) is 3.70. The molecule has 72 valence electrons. The van der Waals surface area contributed by atoms with E-state index in [9.17, 15) is 0 Å². The molecule has 0 bridgehead atoms. The number of nitrogens with zero attached hydrogens (tertiary/aromatic N) is 1. The molecular weight excluding hydrogens is 188 g/mol. The molecule has 1 aromatic rings. The Labute approximate surface area is 81.9 Å².